The second-order valence-corrected chi connectivity index (χ2v) is 9.68. The van der Waals surface area contributed by atoms with Gasteiger partial charge in [0.25, 0.3) is 5.91 Å². The van der Waals surface area contributed by atoms with E-state index in [1.54, 1.807) is 25.1 Å². The van der Waals surface area contributed by atoms with Crippen molar-refractivity contribution >= 4 is 51.9 Å². The zero-order valence-corrected chi connectivity index (χ0v) is 20.6. The third kappa shape index (κ3) is 6.68. The molecule has 0 bridgehead atoms. The van der Waals surface area contributed by atoms with Gasteiger partial charge in [0.2, 0.25) is 0 Å². The van der Waals surface area contributed by atoms with Gasteiger partial charge in [-0.2, -0.15) is 0 Å². The van der Waals surface area contributed by atoms with Gasteiger partial charge in [0, 0.05) is 0 Å². The number of carboxylic acid groups (broad SMARTS) is 1. The molecule has 1 aliphatic rings. The Hall–Kier alpha value is -2.64. The molecule has 0 radical (unpaired) electrons. The number of benzene rings is 2. The lowest BCUT2D eigenvalue weighted by molar-refractivity contribution is -0.113. The topological polar surface area (TPSA) is 66.8 Å². The minimum atomic E-state index is -1.03. The highest BCUT2D eigenvalue weighted by atomic mass is 32.2. The number of carbonyl (C=O) groups is 2. The van der Waals surface area contributed by atoms with E-state index in [1.165, 1.54) is 54.8 Å². The summed E-state index contributed by atoms with van der Waals surface area (Å²) in [5.74, 6) is -0.475. The smallest absolute Gasteiger partial charge is 0.336 e. The normalized spacial score (nSPS) is 14.8. The molecule has 2 aromatic carbocycles. The summed E-state index contributed by atoms with van der Waals surface area (Å²) in [5, 5.41) is 9.38. The number of amides is 1. The number of unbranched alkanes of at least 4 members (excludes halogenated alkanes) is 5. The van der Waals surface area contributed by atoms with Crippen LogP contribution in [0.5, 0.6) is 5.75 Å². The van der Waals surface area contributed by atoms with Crippen LogP contribution >= 0.6 is 24.0 Å². The van der Waals surface area contributed by atoms with Crippen LogP contribution in [-0.2, 0) is 4.79 Å². The molecule has 1 heterocycles. The third-order valence-electron chi connectivity index (χ3n) is 5.45. The van der Waals surface area contributed by atoms with Crippen molar-refractivity contribution in [1.29, 1.82) is 0 Å². The van der Waals surface area contributed by atoms with Gasteiger partial charge in [-0.3, -0.25) is 9.69 Å². The molecule has 33 heavy (non-hydrogen) atoms. The fourth-order valence-corrected chi connectivity index (χ4v) is 4.85. The number of aryl methyl sites for hydroxylation is 1. The number of anilines is 1. The summed E-state index contributed by atoms with van der Waals surface area (Å²) >= 11 is 6.62. The van der Waals surface area contributed by atoms with Gasteiger partial charge in [-0.25, -0.2) is 4.79 Å². The van der Waals surface area contributed by atoms with E-state index in [1.807, 2.05) is 24.3 Å². The van der Waals surface area contributed by atoms with Crippen LogP contribution in [0.3, 0.4) is 0 Å². The second kappa shape index (κ2) is 12.0. The van der Waals surface area contributed by atoms with Gasteiger partial charge in [-0.1, -0.05) is 81.2 Å². The van der Waals surface area contributed by atoms with Crippen molar-refractivity contribution in [3.8, 4) is 5.75 Å². The summed E-state index contributed by atoms with van der Waals surface area (Å²) in [4.78, 5) is 26.3. The second-order valence-electron chi connectivity index (χ2n) is 8.01. The van der Waals surface area contributed by atoms with Crippen molar-refractivity contribution in [3.63, 3.8) is 0 Å². The van der Waals surface area contributed by atoms with Gasteiger partial charge < -0.3 is 9.84 Å². The number of nitrogens with zero attached hydrogens (tertiary/aromatic N) is 1. The lowest BCUT2D eigenvalue weighted by Gasteiger charge is -2.15. The van der Waals surface area contributed by atoms with Crippen LogP contribution in [0.15, 0.2) is 47.4 Å². The molecule has 0 aromatic heterocycles. The molecule has 174 valence electrons. The van der Waals surface area contributed by atoms with Crippen LogP contribution in [0.2, 0.25) is 0 Å². The lowest BCUT2D eigenvalue weighted by atomic mass is 10.1. The number of thiocarbonyl (C=S) groups is 1. The van der Waals surface area contributed by atoms with Crippen molar-refractivity contribution in [2.75, 3.05) is 11.5 Å². The maximum absolute atomic E-state index is 13.0. The van der Waals surface area contributed by atoms with Crippen LogP contribution in [0.1, 0.15) is 66.9 Å². The molecular weight excluding hydrogens is 454 g/mol. The predicted molar refractivity (Wildman–Crippen MR) is 139 cm³/mol. The van der Waals surface area contributed by atoms with Crippen molar-refractivity contribution in [2.45, 2.75) is 52.4 Å². The Balaban J connectivity index is 1.61. The summed E-state index contributed by atoms with van der Waals surface area (Å²) in [6, 6.07) is 12.5. The highest BCUT2D eigenvalue weighted by Gasteiger charge is 2.33. The van der Waals surface area contributed by atoms with Gasteiger partial charge >= 0.3 is 5.97 Å². The summed E-state index contributed by atoms with van der Waals surface area (Å²) < 4.78 is 6.20. The quantitative estimate of drug-likeness (QED) is 0.214. The average molecular weight is 484 g/mol. The zero-order valence-electron chi connectivity index (χ0n) is 19.0. The maximum Gasteiger partial charge on any atom is 0.336 e. The zero-order chi connectivity index (χ0) is 23.8. The molecule has 0 spiro atoms. The molecule has 0 aliphatic carbocycles. The Morgan fingerprint density at radius 2 is 1.79 bits per heavy atom. The van der Waals surface area contributed by atoms with Crippen LogP contribution in [0, 0.1) is 6.92 Å². The summed E-state index contributed by atoms with van der Waals surface area (Å²) in [5.41, 5.74) is 2.12. The van der Waals surface area contributed by atoms with Gasteiger partial charge in [0.15, 0.2) is 4.32 Å². The molecule has 2 aromatic rings. The molecule has 1 N–H and O–H groups in total. The van der Waals surface area contributed by atoms with E-state index >= 15 is 0 Å². The average Bonchev–Trinajstić information content (AvgIpc) is 3.07. The molecule has 1 saturated heterocycles. The molecule has 5 nitrogen and oxygen atoms in total. The Morgan fingerprint density at radius 3 is 2.48 bits per heavy atom. The van der Waals surface area contributed by atoms with Crippen LogP contribution < -0.4 is 9.64 Å². The number of ether oxygens (including phenoxy) is 1. The van der Waals surface area contributed by atoms with Crippen LogP contribution in [0.4, 0.5) is 5.69 Å². The van der Waals surface area contributed by atoms with E-state index in [4.69, 9.17) is 17.0 Å². The summed E-state index contributed by atoms with van der Waals surface area (Å²) in [6.45, 7) is 4.65. The van der Waals surface area contributed by atoms with Gasteiger partial charge in [0.05, 0.1) is 22.8 Å². The lowest BCUT2D eigenvalue weighted by Crippen LogP contribution is -2.27. The van der Waals surface area contributed by atoms with E-state index in [0.29, 0.717) is 27.1 Å². The molecule has 0 unspecified atom stereocenters. The van der Waals surface area contributed by atoms with Crippen molar-refractivity contribution in [2.24, 2.45) is 0 Å². The molecule has 7 heteroatoms. The Bertz CT molecular complexity index is 1050. The van der Waals surface area contributed by atoms with Crippen LogP contribution in [-0.4, -0.2) is 27.9 Å². The van der Waals surface area contributed by atoms with E-state index in [-0.39, 0.29) is 11.5 Å². The number of rotatable bonds is 11. The van der Waals surface area contributed by atoms with E-state index in [9.17, 15) is 14.7 Å². The molecule has 3 rings (SSSR count). The van der Waals surface area contributed by atoms with Gasteiger partial charge in [0.1, 0.15) is 5.75 Å². The number of hydrogen-bond acceptors (Lipinski definition) is 5. The molecule has 1 fully saturated rings. The predicted octanol–water partition coefficient (Wildman–Crippen LogP) is 6.84. The van der Waals surface area contributed by atoms with Gasteiger partial charge in [-0.15, -0.1) is 0 Å². The SMILES string of the molecule is CCCCCCCCOc1ccc(C=C2SC(=S)N(c3ccc(C)c(C(=O)O)c3)C2=O)cc1. The number of thioether (sulfide) groups is 1. The first-order chi connectivity index (χ1) is 15.9. The fourth-order valence-electron chi connectivity index (χ4n) is 3.55. The first-order valence-electron chi connectivity index (χ1n) is 11.3. The first-order valence-corrected chi connectivity index (χ1v) is 12.5. The van der Waals surface area contributed by atoms with Crippen molar-refractivity contribution in [3.05, 3.63) is 64.1 Å². The highest BCUT2D eigenvalue weighted by Crippen LogP contribution is 2.36. The van der Waals surface area contributed by atoms with Gasteiger partial charge in [-0.05, 0) is 54.8 Å². The van der Waals surface area contributed by atoms with E-state index in [2.05, 4.69) is 6.92 Å². The molecule has 0 saturated carbocycles. The van der Waals surface area contributed by atoms with Crippen LogP contribution in [0.25, 0.3) is 6.08 Å². The minimum absolute atomic E-state index is 0.155. The Labute approximate surface area is 204 Å². The molecule has 1 aliphatic heterocycles. The summed E-state index contributed by atoms with van der Waals surface area (Å²) in [6.07, 6.45) is 9.14. The molecule has 0 atom stereocenters. The first kappa shape index (κ1) is 25.0. The molecular formula is C26H29NO4S2. The van der Waals surface area contributed by atoms with E-state index < -0.39 is 5.97 Å². The standard InChI is InChI=1S/C26H29NO4S2/c1-3-4-5-6-7-8-15-31-21-13-10-19(11-14-21)16-23-24(28)27(26(32)33-23)20-12-9-18(2)22(17-20)25(29)30/h9-14,16-17H,3-8,15H2,1-2H3,(H,29,30). The number of hydrogen-bond donors (Lipinski definition) is 1. The monoisotopic (exact) mass is 483 g/mol. The largest absolute Gasteiger partial charge is 0.494 e. The minimum Gasteiger partial charge on any atom is -0.494 e. The number of carbonyl (C=O) groups excluding carboxylic acids is 1. The number of carboxylic acids is 1. The Kier molecular flexibility index (Phi) is 9.09. The van der Waals surface area contributed by atoms with Crippen molar-refractivity contribution in [1.82, 2.24) is 0 Å². The highest BCUT2D eigenvalue weighted by molar-refractivity contribution is 8.27. The fraction of sp³-hybridized carbons (Fsp3) is 0.346. The Morgan fingerprint density at radius 1 is 1.09 bits per heavy atom. The maximum atomic E-state index is 13.0. The van der Waals surface area contributed by atoms with Crippen molar-refractivity contribution < 1.29 is 19.4 Å². The summed E-state index contributed by atoms with van der Waals surface area (Å²) in [7, 11) is 0. The molecule has 1 amide bonds. The number of aromatic carboxylic acids is 1. The van der Waals surface area contributed by atoms with E-state index in [0.717, 1.165) is 17.7 Å². The third-order valence-corrected chi connectivity index (χ3v) is 6.75.